The maximum Gasteiger partial charge on any atom is 0.0438 e. The lowest BCUT2D eigenvalue weighted by Gasteiger charge is -2.21. The van der Waals surface area contributed by atoms with Gasteiger partial charge in [0.15, 0.2) is 0 Å². The Morgan fingerprint density at radius 1 is 1.40 bits per heavy atom. The first-order chi connectivity index (χ1) is 7.07. The third kappa shape index (κ3) is 2.96. The number of rotatable bonds is 4. The van der Waals surface area contributed by atoms with Crippen LogP contribution in [0.15, 0.2) is 18.2 Å². The molecule has 2 atom stereocenters. The molecule has 0 heterocycles. The largest absolute Gasteiger partial charge is 0.324 e. The lowest BCUT2D eigenvalue weighted by Crippen LogP contribution is -2.20. The second-order valence-electron chi connectivity index (χ2n) is 4.25. The summed E-state index contributed by atoms with van der Waals surface area (Å²) in [6.45, 7) is 6.43. The number of hydrogen-bond donors (Lipinski definition) is 1. The third-order valence-electron chi connectivity index (χ3n) is 3.03. The predicted molar refractivity (Wildman–Crippen MR) is 67.2 cm³/mol. The second-order valence-corrected chi connectivity index (χ2v) is 4.65. The normalized spacial score (nSPS) is 15.0. The second kappa shape index (κ2) is 5.53. The summed E-state index contributed by atoms with van der Waals surface area (Å²) in [5.74, 6) is 0.507. The Kier molecular flexibility index (Phi) is 4.62. The molecular weight excluding hydrogens is 206 g/mol. The SMILES string of the molecule is CCCC(C)C(N)c1cccc(Cl)c1C. The summed E-state index contributed by atoms with van der Waals surface area (Å²) in [6.07, 6.45) is 2.33. The molecule has 84 valence electrons. The predicted octanol–water partition coefficient (Wildman–Crippen LogP) is 4.08. The number of halogens is 1. The van der Waals surface area contributed by atoms with Crippen molar-refractivity contribution in [1.82, 2.24) is 0 Å². The Balaban J connectivity index is 2.90. The molecule has 2 N–H and O–H groups in total. The van der Waals surface area contributed by atoms with Crippen molar-refractivity contribution in [3.05, 3.63) is 34.3 Å². The van der Waals surface area contributed by atoms with E-state index in [9.17, 15) is 0 Å². The van der Waals surface area contributed by atoms with Gasteiger partial charge in [-0.05, 0) is 36.5 Å². The van der Waals surface area contributed by atoms with Crippen LogP contribution in [-0.2, 0) is 0 Å². The monoisotopic (exact) mass is 225 g/mol. The highest BCUT2D eigenvalue weighted by molar-refractivity contribution is 6.31. The first-order valence-electron chi connectivity index (χ1n) is 5.58. The molecule has 0 radical (unpaired) electrons. The van der Waals surface area contributed by atoms with Gasteiger partial charge >= 0.3 is 0 Å². The molecule has 0 spiro atoms. The Morgan fingerprint density at radius 2 is 2.07 bits per heavy atom. The van der Waals surface area contributed by atoms with Gasteiger partial charge in [0, 0.05) is 11.1 Å². The summed E-state index contributed by atoms with van der Waals surface area (Å²) < 4.78 is 0. The van der Waals surface area contributed by atoms with Crippen molar-refractivity contribution in [2.24, 2.45) is 11.7 Å². The van der Waals surface area contributed by atoms with Crippen molar-refractivity contribution in [3.63, 3.8) is 0 Å². The molecule has 0 aliphatic heterocycles. The molecular formula is C13H20ClN. The lowest BCUT2D eigenvalue weighted by molar-refractivity contribution is 0.432. The Morgan fingerprint density at radius 3 is 2.67 bits per heavy atom. The average molecular weight is 226 g/mol. The van der Waals surface area contributed by atoms with Crippen molar-refractivity contribution in [2.45, 2.75) is 39.7 Å². The zero-order valence-electron chi connectivity index (χ0n) is 9.76. The molecule has 2 unspecified atom stereocenters. The van der Waals surface area contributed by atoms with Gasteiger partial charge in [0.2, 0.25) is 0 Å². The molecule has 1 aromatic carbocycles. The van der Waals surface area contributed by atoms with Crippen LogP contribution in [-0.4, -0.2) is 0 Å². The third-order valence-corrected chi connectivity index (χ3v) is 3.44. The minimum atomic E-state index is 0.101. The Labute approximate surface area is 97.6 Å². The van der Waals surface area contributed by atoms with Crippen LogP contribution < -0.4 is 5.73 Å². The van der Waals surface area contributed by atoms with Gasteiger partial charge in [-0.25, -0.2) is 0 Å². The molecule has 0 amide bonds. The van der Waals surface area contributed by atoms with Crippen LogP contribution in [0.3, 0.4) is 0 Å². The highest BCUT2D eigenvalue weighted by Crippen LogP contribution is 2.28. The van der Waals surface area contributed by atoms with Gasteiger partial charge in [-0.3, -0.25) is 0 Å². The highest BCUT2D eigenvalue weighted by atomic mass is 35.5. The topological polar surface area (TPSA) is 26.0 Å². The van der Waals surface area contributed by atoms with Crippen LogP contribution in [0.2, 0.25) is 5.02 Å². The summed E-state index contributed by atoms with van der Waals surface area (Å²) in [6, 6.07) is 6.07. The van der Waals surface area contributed by atoms with Crippen molar-refractivity contribution in [3.8, 4) is 0 Å². The van der Waals surface area contributed by atoms with E-state index in [2.05, 4.69) is 19.9 Å². The average Bonchev–Trinajstić information content (AvgIpc) is 2.21. The van der Waals surface area contributed by atoms with Gasteiger partial charge in [-0.1, -0.05) is 44.0 Å². The van der Waals surface area contributed by atoms with Gasteiger partial charge in [0.1, 0.15) is 0 Å². The Bertz CT molecular complexity index is 322. The minimum Gasteiger partial charge on any atom is -0.324 e. The highest BCUT2D eigenvalue weighted by Gasteiger charge is 2.16. The maximum absolute atomic E-state index is 6.24. The van der Waals surface area contributed by atoms with Gasteiger partial charge in [0.05, 0.1) is 0 Å². The van der Waals surface area contributed by atoms with E-state index in [4.69, 9.17) is 17.3 Å². The van der Waals surface area contributed by atoms with Crippen LogP contribution in [0.5, 0.6) is 0 Å². The molecule has 0 bridgehead atoms. The maximum atomic E-state index is 6.24. The molecule has 0 aromatic heterocycles. The summed E-state index contributed by atoms with van der Waals surface area (Å²) >= 11 is 6.08. The quantitative estimate of drug-likeness (QED) is 0.821. The molecule has 0 fully saturated rings. The molecule has 15 heavy (non-hydrogen) atoms. The molecule has 0 aliphatic carbocycles. The van der Waals surface area contributed by atoms with E-state index >= 15 is 0 Å². The standard InChI is InChI=1S/C13H20ClN/c1-4-6-9(2)13(15)11-7-5-8-12(14)10(11)3/h5,7-9,13H,4,6,15H2,1-3H3. The van der Waals surface area contributed by atoms with E-state index in [0.717, 1.165) is 17.0 Å². The Hall–Kier alpha value is -0.530. The zero-order valence-corrected chi connectivity index (χ0v) is 10.5. The van der Waals surface area contributed by atoms with Crippen LogP contribution in [0.4, 0.5) is 0 Å². The minimum absolute atomic E-state index is 0.101. The summed E-state index contributed by atoms with van der Waals surface area (Å²) in [5.41, 5.74) is 8.54. The van der Waals surface area contributed by atoms with Gasteiger partial charge < -0.3 is 5.73 Å². The van der Waals surface area contributed by atoms with Crippen molar-refractivity contribution >= 4 is 11.6 Å². The molecule has 0 aliphatic rings. The molecule has 0 saturated heterocycles. The van der Waals surface area contributed by atoms with Crippen LogP contribution >= 0.6 is 11.6 Å². The fourth-order valence-electron chi connectivity index (χ4n) is 1.93. The summed E-state index contributed by atoms with van der Waals surface area (Å²) in [5, 5.41) is 0.812. The van der Waals surface area contributed by atoms with E-state index in [1.807, 2.05) is 19.1 Å². The molecule has 1 rings (SSSR count). The molecule has 1 aromatic rings. The van der Waals surface area contributed by atoms with Crippen LogP contribution in [0.1, 0.15) is 43.9 Å². The van der Waals surface area contributed by atoms with Crippen molar-refractivity contribution in [2.75, 3.05) is 0 Å². The first-order valence-corrected chi connectivity index (χ1v) is 5.96. The van der Waals surface area contributed by atoms with Crippen molar-refractivity contribution in [1.29, 1.82) is 0 Å². The molecule has 2 heteroatoms. The first kappa shape index (κ1) is 12.5. The summed E-state index contributed by atoms with van der Waals surface area (Å²) in [7, 11) is 0. The van der Waals surface area contributed by atoms with E-state index in [0.29, 0.717) is 5.92 Å². The van der Waals surface area contributed by atoms with E-state index < -0.39 is 0 Å². The zero-order chi connectivity index (χ0) is 11.4. The van der Waals surface area contributed by atoms with E-state index in [1.165, 1.54) is 12.0 Å². The summed E-state index contributed by atoms with van der Waals surface area (Å²) in [4.78, 5) is 0. The smallest absolute Gasteiger partial charge is 0.0438 e. The van der Waals surface area contributed by atoms with Gasteiger partial charge in [0.25, 0.3) is 0 Å². The number of hydrogen-bond acceptors (Lipinski definition) is 1. The van der Waals surface area contributed by atoms with Crippen LogP contribution in [0.25, 0.3) is 0 Å². The van der Waals surface area contributed by atoms with Crippen molar-refractivity contribution < 1.29 is 0 Å². The lowest BCUT2D eigenvalue weighted by atomic mass is 9.89. The van der Waals surface area contributed by atoms with E-state index in [-0.39, 0.29) is 6.04 Å². The fourth-order valence-corrected chi connectivity index (χ4v) is 2.11. The molecule has 1 nitrogen and oxygen atoms in total. The number of nitrogens with two attached hydrogens (primary N) is 1. The van der Waals surface area contributed by atoms with Crippen LogP contribution in [0, 0.1) is 12.8 Å². The van der Waals surface area contributed by atoms with Gasteiger partial charge in [-0.2, -0.15) is 0 Å². The molecule has 0 saturated carbocycles. The van der Waals surface area contributed by atoms with E-state index in [1.54, 1.807) is 0 Å². The number of benzene rings is 1. The van der Waals surface area contributed by atoms with Gasteiger partial charge in [-0.15, -0.1) is 0 Å². The fraction of sp³-hybridized carbons (Fsp3) is 0.538.